The van der Waals surface area contributed by atoms with Gasteiger partial charge in [0.2, 0.25) is 0 Å². The molecule has 0 radical (unpaired) electrons. The van der Waals surface area contributed by atoms with Crippen LogP contribution >= 0.6 is 0 Å². The summed E-state index contributed by atoms with van der Waals surface area (Å²) in [5.41, 5.74) is 0.642. The maximum atomic E-state index is 11.3. The minimum atomic E-state index is 0.0392. The lowest BCUT2D eigenvalue weighted by atomic mass is 10.1. The number of likely N-dealkylation sites (N-methyl/N-ethyl adjacent to an activating group) is 1. The molecule has 0 amide bonds. The minimum absolute atomic E-state index is 0.0392. The Bertz CT molecular complexity index is 373. The van der Waals surface area contributed by atoms with E-state index in [4.69, 9.17) is 4.52 Å². The first-order valence-corrected chi connectivity index (χ1v) is 5.91. The Morgan fingerprint density at radius 3 is 3.19 bits per heavy atom. The Morgan fingerprint density at radius 2 is 2.50 bits per heavy atom. The van der Waals surface area contributed by atoms with Crippen molar-refractivity contribution in [2.24, 2.45) is 0 Å². The summed E-state index contributed by atoms with van der Waals surface area (Å²) in [6.45, 7) is 5.95. The average molecular weight is 222 g/mol. The summed E-state index contributed by atoms with van der Waals surface area (Å²) in [6, 6.07) is 0.510. The quantitative estimate of drug-likeness (QED) is 0.730. The van der Waals surface area contributed by atoms with E-state index in [0.29, 0.717) is 11.6 Å². The van der Waals surface area contributed by atoms with Gasteiger partial charge >= 0.3 is 0 Å². The van der Waals surface area contributed by atoms with Gasteiger partial charge in [-0.1, -0.05) is 12.1 Å². The van der Waals surface area contributed by atoms with Crippen molar-refractivity contribution in [3.8, 4) is 0 Å². The molecule has 16 heavy (non-hydrogen) atoms. The van der Waals surface area contributed by atoms with Gasteiger partial charge in [0.1, 0.15) is 5.76 Å². The third kappa shape index (κ3) is 2.16. The number of rotatable bonds is 4. The van der Waals surface area contributed by atoms with Crippen molar-refractivity contribution < 1.29 is 9.32 Å². The van der Waals surface area contributed by atoms with Crippen LogP contribution in [0.25, 0.3) is 0 Å². The van der Waals surface area contributed by atoms with E-state index in [-0.39, 0.29) is 5.78 Å². The molecule has 4 heteroatoms. The van der Waals surface area contributed by atoms with E-state index in [0.717, 1.165) is 25.3 Å². The summed E-state index contributed by atoms with van der Waals surface area (Å²) < 4.78 is 5.18. The molecule has 0 N–H and O–H groups in total. The van der Waals surface area contributed by atoms with Crippen LogP contribution in [-0.2, 0) is 6.42 Å². The van der Waals surface area contributed by atoms with Gasteiger partial charge in [0, 0.05) is 12.5 Å². The second kappa shape index (κ2) is 4.78. The molecule has 1 aromatic heterocycles. The third-order valence-electron chi connectivity index (χ3n) is 3.35. The van der Waals surface area contributed by atoms with Crippen molar-refractivity contribution in [2.75, 3.05) is 13.1 Å². The van der Waals surface area contributed by atoms with E-state index in [1.807, 2.05) is 0 Å². The Hall–Kier alpha value is -1.16. The van der Waals surface area contributed by atoms with E-state index in [2.05, 4.69) is 17.0 Å². The zero-order valence-corrected chi connectivity index (χ0v) is 9.90. The molecule has 1 aliphatic heterocycles. The van der Waals surface area contributed by atoms with Crippen molar-refractivity contribution in [1.82, 2.24) is 10.1 Å². The number of carbonyl (C=O) groups excluding carboxylic acids is 1. The summed E-state index contributed by atoms with van der Waals surface area (Å²) in [7, 11) is 0. The van der Waals surface area contributed by atoms with Crippen molar-refractivity contribution in [3.05, 3.63) is 17.5 Å². The Labute approximate surface area is 95.6 Å². The topological polar surface area (TPSA) is 46.3 Å². The first-order chi connectivity index (χ1) is 7.72. The molecule has 88 valence electrons. The normalized spacial score (nSPS) is 21.5. The van der Waals surface area contributed by atoms with Gasteiger partial charge in [-0.3, -0.25) is 4.79 Å². The number of nitrogens with zero attached hydrogens (tertiary/aromatic N) is 2. The molecular weight excluding hydrogens is 204 g/mol. The van der Waals surface area contributed by atoms with Crippen molar-refractivity contribution >= 4 is 5.78 Å². The molecule has 1 unspecified atom stereocenters. The smallest absolute Gasteiger partial charge is 0.164 e. The molecule has 2 rings (SSSR count). The molecule has 4 nitrogen and oxygen atoms in total. The standard InChI is InChI=1S/C12H18N2O2/c1-3-14-6-4-5-10(14)7-12-11(9(2)15)8-13-16-12/h8,10H,3-7H2,1-2H3. The molecule has 0 saturated carbocycles. The third-order valence-corrected chi connectivity index (χ3v) is 3.35. The fourth-order valence-corrected chi connectivity index (χ4v) is 2.45. The molecule has 0 aromatic carbocycles. The highest BCUT2D eigenvalue weighted by Crippen LogP contribution is 2.22. The summed E-state index contributed by atoms with van der Waals surface area (Å²) in [4.78, 5) is 13.8. The number of aromatic nitrogens is 1. The van der Waals surface area contributed by atoms with Gasteiger partial charge in [-0.15, -0.1) is 0 Å². The van der Waals surface area contributed by atoms with Crippen LogP contribution in [0.2, 0.25) is 0 Å². The monoisotopic (exact) mass is 222 g/mol. The lowest BCUT2D eigenvalue weighted by Crippen LogP contribution is -2.31. The average Bonchev–Trinajstić information content (AvgIpc) is 2.86. The van der Waals surface area contributed by atoms with Gasteiger partial charge in [0.25, 0.3) is 0 Å². The number of hydrogen-bond acceptors (Lipinski definition) is 4. The van der Waals surface area contributed by atoms with Crippen LogP contribution in [0.3, 0.4) is 0 Å². The number of likely N-dealkylation sites (tertiary alicyclic amines) is 1. The molecule has 1 aromatic rings. The van der Waals surface area contributed by atoms with Gasteiger partial charge in [0.05, 0.1) is 11.8 Å². The summed E-state index contributed by atoms with van der Waals surface area (Å²) in [5.74, 6) is 0.787. The molecule has 1 atom stereocenters. The van der Waals surface area contributed by atoms with Gasteiger partial charge in [0.15, 0.2) is 5.78 Å². The van der Waals surface area contributed by atoms with Gasteiger partial charge < -0.3 is 9.42 Å². The SMILES string of the molecule is CCN1CCCC1Cc1oncc1C(C)=O. The largest absolute Gasteiger partial charge is 0.361 e. The van der Waals surface area contributed by atoms with E-state index in [1.54, 1.807) is 6.92 Å². The van der Waals surface area contributed by atoms with Crippen molar-refractivity contribution in [3.63, 3.8) is 0 Å². The maximum Gasteiger partial charge on any atom is 0.164 e. The van der Waals surface area contributed by atoms with Crippen LogP contribution in [0.1, 0.15) is 42.8 Å². The number of Topliss-reactive ketones (excluding diaryl/α,β-unsaturated/α-hetero) is 1. The van der Waals surface area contributed by atoms with Gasteiger partial charge in [-0.05, 0) is 32.9 Å². The van der Waals surface area contributed by atoms with Crippen LogP contribution < -0.4 is 0 Å². The number of hydrogen-bond donors (Lipinski definition) is 0. The predicted octanol–water partition coefficient (Wildman–Crippen LogP) is 1.90. The van der Waals surface area contributed by atoms with Crippen LogP contribution in [-0.4, -0.2) is 35.0 Å². The van der Waals surface area contributed by atoms with E-state index in [9.17, 15) is 4.79 Å². The second-order valence-corrected chi connectivity index (χ2v) is 4.35. The summed E-state index contributed by atoms with van der Waals surface area (Å²) in [5, 5.41) is 3.72. The fourth-order valence-electron chi connectivity index (χ4n) is 2.45. The Morgan fingerprint density at radius 1 is 1.69 bits per heavy atom. The zero-order valence-electron chi connectivity index (χ0n) is 9.90. The summed E-state index contributed by atoms with van der Waals surface area (Å²) >= 11 is 0. The lowest BCUT2D eigenvalue weighted by molar-refractivity contribution is 0.101. The van der Waals surface area contributed by atoms with E-state index < -0.39 is 0 Å². The highest BCUT2D eigenvalue weighted by molar-refractivity contribution is 5.94. The number of ketones is 1. The van der Waals surface area contributed by atoms with Crippen LogP contribution in [0.15, 0.2) is 10.7 Å². The highest BCUT2D eigenvalue weighted by Gasteiger charge is 2.26. The van der Waals surface area contributed by atoms with Crippen molar-refractivity contribution in [2.45, 2.75) is 39.2 Å². The number of carbonyl (C=O) groups is 1. The van der Waals surface area contributed by atoms with E-state index >= 15 is 0 Å². The van der Waals surface area contributed by atoms with Crippen LogP contribution in [0.5, 0.6) is 0 Å². The van der Waals surface area contributed by atoms with E-state index in [1.165, 1.54) is 19.0 Å². The lowest BCUT2D eigenvalue weighted by Gasteiger charge is -2.21. The Balaban J connectivity index is 2.08. The van der Waals surface area contributed by atoms with Crippen LogP contribution in [0, 0.1) is 0 Å². The fraction of sp³-hybridized carbons (Fsp3) is 0.667. The first-order valence-electron chi connectivity index (χ1n) is 5.91. The molecule has 1 aliphatic rings. The minimum Gasteiger partial charge on any atom is -0.361 e. The molecule has 1 fully saturated rings. The molecule has 0 aliphatic carbocycles. The second-order valence-electron chi connectivity index (χ2n) is 4.35. The molecule has 2 heterocycles. The van der Waals surface area contributed by atoms with Crippen LogP contribution in [0.4, 0.5) is 0 Å². The predicted molar refractivity (Wildman–Crippen MR) is 60.5 cm³/mol. The molecule has 1 saturated heterocycles. The van der Waals surface area contributed by atoms with Gasteiger partial charge in [-0.2, -0.15) is 0 Å². The summed E-state index contributed by atoms with van der Waals surface area (Å²) in [6.07, 6.45) is 4.76. The highest BCUT2D eigenvalue weighted by atomic mass is 16.5. The first kappa shape index (κ1) is 11.3. The van der Waals surface area contributed by atoms with Crippen molar-refractivity contribution in [1.29, 1.82) is 0 Å². The molecule has 0 bridgehead atoms. The molecule has 0 spiro atoms. The molecular formula is C12H18N2O2. The zero-order chi connectivity index (χ0) is 11.5. The maximum absolute atomic E-state index is 11.3. The van der Waals surface area contributed by atoms with Gasteiger partial charge in [-0.25, -0.2) is 0 Å². The Kier molecular flexibility index (Phi) is 3.39.